The molecule has 1 heterocycles. The number of anilines is 1. The summed E-state index contributed by atoms with van der Waals surface area (Å²) in [6, 6.07) is 1.89. The lowest BCUT2D eigenvalue weighted by atomic mass is 9.86. The molecule has 4 heteroatoms. The lowest BCUT2D eigenvalue weighted by Crippen LogP contribution is -2.21. The van der Waals surface area contributed by atoms with Crippen LogP contribution in [0.25, 0.3) is 0 Å². The summed E-state index contributed by atoms with van der Waals surface area (Å²) in [5.41, 5.74) is 6.88. The maximum atomic E-state index is 11.9. The average Bonchev–Trinajstić information content (AvgIpc) is 2.58. The van der Waals surface area contributed by atoms with E-state index < -0.39 is 0 Å². The summed E-state index contributed by atoms with van der Waals surface area (Å²) in [7, 11) is 0. The number of nitrogens with zero attached hydrogens (tertiary/aromatic N) is 1. The minimum Gasteiger partial charge on any atom is -0.461 e. The second-order valence-corrected chi connectivity index (χ2v) is 5.06. The lowest BCUT2D eigenvalue weighted by molar-refractivity contribution is 0.0358. The standard InChI is InChI=1S/C13H20N2O2/c1-9(2)15-7-11(14)6-12(15)13(16)17-8-10-4-3-5-10/h6-7,9-10H,3-5,8,14H2,1-2H3. The van der Waals surface area contributed by atoms with Crippen LogP contribution in [-0.2, 0) is 4.74 Å². The van der Waals surface area contributed by atoms with Crippen LogP contribution in [0, 0.1) is 5.92 Å². The predicted molar refractivity (Wildman–Crippen MR) is 66.9 cm³/mol. The van der Waals surface area contributed by atoms with Gasteiger partial charge in [-0.05, 0) is 38.7 Å². The van der Waals surface area contributed by atoms with Crippen LogP contribution in [0.2, 0.25) is 0 Å². The van der Waals surface area contributed by atoms with Crippen molar-refractivity contribution in [1.29, 1.82) is 0 Å². The molecule has 2 rings (SSSR count). The van der Waals surface area contributed by atoms with Crippen molar-refractivity contribution in [3.8, 4) is 0 Å². The van der Waals surface area contributed by atoms with E-state index in [9.17, 15) is 4.79 Å². The van der Waals surface area contributed by atoms with Gasteiger partial charge in [0.1, 0.15) is 5.69 Å². The van der Waals surface area contributed by atoms with E-state index in [1.807, 2.05) is 18.4 Å². The van der Waals surface area contributed by atoms with E-state index in [0.29, 0.717) is 23.9 Å². The largest absolute Gasteiger partial charge is 0.461 e. The van der Waals surface area contributed by atoms with E-state index in [0.717, 1.165) is 0 Å². The number of carbonyl (C=O) groups is 1. The van der Waals surface area contributed by atoms with Gasteiger partial charge >= 0.3 is 5.97 Å². The molecule has 17 heavy (non-hydrogen) atoms. The minimum atomic E-state index is -0.262. The second-order valence-electron chi connectivity index (χ2n) is 5.06. The topological polar surface area (TPSA) is 57.2 Å². The van der Waals surface area contributed by atoms with Crippen LogP contribution < -0.4 is 5.73 Å². The summed E-state index contributed by atoms with van der Waals surface area (Å²) in [4.78, 5) is 11.9. The molecular weight excluding hydrogens is 216 g/mol. The van der Waals surface area contributed by atoms with E-state index in [2.05, 4.69) is 0 Å². The normalized spacial score (nSPS) is 15.9. The first-order valence-electron chi connectivity index (χ1n) is 6.22. The highest BCUT2D eigenvalue weighted by Gasteiger charge is 2.21. The van der Waals surface area contributed by atoms with Gasteiger partial charge in [0.25, 0.3) is 0 Å². The molecule has 0 saturated heterocycles. The zero-order valence-electron chi connectivity index (χ0n) is 10.5. The van der Waals surface area contributed by atoms with Gasteiger partial charge in [-0.25, -0.2) is 4.79 Å². The summed E-state index contributed by atoms with van der Waals surface area (Å²) >= 11 is 0. The zero-order valence-corrected chi connectivity index (χ0v) is 10.5. The van der Waals surface area contributed by atoms with Gasteiger partial charge in [0.05, 0.1) is 12.3 Å². The molecule has 1 aliphatic carbocycles. The average molecular weight is 236 g/mol. The van der Waals surface area contributed by atoms with Crippen molar-refractivity contribution in [3.05, 3.63) is 18.0 Å². The Labute approximate surface area is 102 Å². The molecule has 0 atom stereocenters. The fraction of sp³-hybridized carbons (Fsp3) is 0.615. The number of nitrogens with two attached hydrogens (primary N) is 1. The van der Waals surface area contributed by atoms with Crippen molar-refractivity contribution in [2.45, 2.75) is 39.2 Å². The summed E-state index contributed by atoms with van der Waals surface area (Å²) < 4.78 is 7.18. The molecule has 0 radical (unpaired) electrons. The van der Waals surface area contributed by atoms with Gasteiger partial charge in [-0.1, -0.05) is 6.42 Å². The van der Waals surface area contributed by atoms with Crippen molar-refractivity contribution in [3.63, 3.8) is 0 Å². The Kier molecular flexibility index (Phi) is 3.41. The van der Waals surface area contributed by atoms with Crippen LogP contribution in [0.15, 0.2) is 12.3 Å². The van der Waals surface area contributed by atoms with Crippen LogP contribution >= 0.6 is 0 Å². The molecule has 0 bridgehead atoms. The third-order valence-corrected chi connectivity index (χ3v) is 3.31. The second kappa shape index (κ2) is 4.82. The highest BCUT2D eigenvalue weighted by Crippen LogP contribution is 2.27. The Morgan fingerprint density at radius 3 is 2.82 bits per heavy atom. The fourth-order valence-corrected chi connectivity index (χ4v) is 2.02. The van der Waals surface area contributed by atoms with Crippen molar-refractivity contribution in [2.24, 2.45) is 5.92 Å². The van der Waals surface area contributed by atoms with Crippen LogP contribution in [0.1, 0.15) is 49.6 Å². The number of esters is 1. The van der Waals surface area contributed by atoms with E-state index >= 15 is 0 Å². The summed E-state index contributed by atoms with van der Waals surface area (Å²) in [6.45, 7) is 4.58. The predicted octanol–water partition coefficient (Wildman–Crippen LogP) is 2.61. The number of carbonyl (C=O) groups excluding carboxylic acids is 1. The number of ether oxygens (including phenoxy) is 1. The first-order valence-corrected chi connectivity index (χ1v) is 6.22. The van der Waals surface area contributed by atoms with Gasteiger partial charge in [0, 0.05) is 12.2 Å². The van der Waals surface area contributed by atoms with Crippen LogP contribution in [0.3, 0.4) is 0 Å². The number of hydrogen-bond acceptors (Lipinski definition) is 3. The van der Waals surface area contributed by atoms with Gasteiger partial charge in [-0.2, -0.15) is 0 Å². The Bertz CT molecular complexity index is 406. The molecular formula is C13H20N2O2. The molecule has 0 aromatic carbocycles. The number of hydrogen-bond donors (Lipinski definition) is 1. The highest BCUT2D eigenvalue weighted by molar-refractivity contribution is 5.89. The molecule has 0 spiro atoms. The summed E-state index contributed by atoms with van der Waals surface area (Å²) in [5, 5.41) is 0. The van der Waals surface area contributed by atoms with Crippen LogP contribution in [0.4, 0.5) is 5.69 Å². The SMILES string of the molecule is CC(C)n1cc(N)cc1C(=O)OCC1CCC1. The molecule has 0 unspecified atom stereocenters. The number of nitrogen functional groups attached to an aromatic ring is 1. The molecule has 1 saturated carbocycles. The number of rotatable bonds is 4. The van der Waals surface area contributed by atoms with E-state index in [1.165, 1.54) is 19.3 Å². The lowest BCUT2D eigenvalue weighted by Gasteiger charge is -2.24. The molecule has 0 aliphatic heterocycles. The monoisotopic (exact) mass is 236 g/mol. The molecule has 1 fully saturated rings. The first kappa shape index (κ1) is 12.0. The molecule has 4 nitrogen and oxygen atoms in total. The van der Waals surface area contributed by atoms with Crippen LogP contribution in [0.5, 0.6) is 0 Å². The van der Waals surface area contributed by atoms with Crippen molar-refractivity contribution in [2.75, 3.05) is 12.3 Å². The van der Waals surface area contributed by atoms with E-state index in [1.54, 1.807) is 12.3 Å². The first-order chi connectivity index (χ1) is 8.08. The smallest absolute Gasteiger partial charge is 0.355 e. The van der Waals surface area contributed by atoms with Crippen molar-refractivity contribution < 1.29 is 9.53 Å². The van der Waals surface area contributed by atoms with Gasteiger partial charge in [-0.15, -0.1) is 0 Å². The quantitative estimate of drug-likeness (QED) is 0.817. The Balaban J connectivity index is 2.01. The van der Waals surface area contributed by atoms with Gasteiger partial charge in [0.15, 0.2) is 0 Å². The zero-order chi connectivity index (χ0) is 12.4. The molecule has 1 aromatic heterocycles. The maximum Gasteiger partial charge on any atom is 0.355 e. The molecule has 2 N–H and O–H groups in total. The van der Waals surface area contributed by atoms with E-state index in [4.69, 9.17) is 10.5 Å². The summed E-state index contributed by atoms with van der Waals surface area (Å²) in [6.07, 6.45) is 5.41. The Hall–Kier alpha value is -1.45. The summed E-state index contributed by atoms with van der Waals surface area (Å²) in [5.74, 6) is 0.307. The Morgan fingerprint density at radius 1 is 1.59 bits per heavy atom. The Morgan fingerprint density at radius 2 is 2.29 bits per heavy atom. The van der Waals surface area contributed by atoms with Crippen LogP contribution in [-0.4, -0.2) is 17.1 Å². The maximum absolute atomic E-state index is 11.9. The third kappa shape index (κ3) is 2.62. The molecule has 94 valence electrons. The molecule has 1 aromatic rings. The van der Waals surface area contributed by atoms with Gasteiger partial charge < -0.3 is 15.0 Å². The van der Waals surface area contributed by atoms with Gasteiger partial charge in [-0.3, -0.25) is 0 Å². The number of aromatic nitrogens is 1. The van der Waals surface area contributed by atoms with Crippen molar-refractivity contribution in [1.82, 2.24) is 4.57 Å². The molecule has 1 aliphatic rings. The van der Waals surface area contributed by atoms with Crippen molar-refractivity contribution >= 4 is 11.7 Å². The van der Waals surface area contributed by atoms with E-state index in [-0.39, 0.29) is 12.0 Å². The fourth-order valence-electron chi connectivity index (χ4n) is 2.02. The highest BCUT2D eigenvalue weighted by atomic mass is 16.5. The molecule has 0 amide bonds. The minimum absolute atomic E-state index is 0.207. The van der Waals surface area contributed by atoms with Gasteiger partial charge in [0.2, 0.25) is 0 Å². The third-order valence-electron chi connectivity index (χ3n) is 3.31.